The topological polar surface area (TPSA) is 68.5 Å². The van der Waals surface area contributed by atoms with Crippen molar-refractivity contribution in [2.24, 2.45) is 0 Å². The van der Waals surface area contributed by atoms with Crippen LogP contribution in [0.25, 0.3) is 0 Å². The minimum atomic E-state index is -0.379. The van der Waals surface area contributed by atoms with Crippen molar-refractivity contribution in [1.82, 2.24) is 24.7 Å². The van der Waals surface area contributed by atoms with Gasteiger partial charge in [-0.1, -0.05) is 13.3 Å². The summed E-state index contributed by atoms with van der Waals surface area (Å²) in [5.41, 5.74) is 0.424. The molecule has 0 fully saturated rings. The first-order valence-electron chi connectivity index (χ1n) is 7.43. The molecule has 21 heavy (non-hydrogen) atoms. The van der Waals surface area contributed by atoms with Gasteiger partial charge < -0.3 is 9.88 Å². The highest BCUT2D eigenvalue weighted by Crippen LogP contribution is 2.17. The van der Waals surface area contributed by atoms with E-state index in [2.05, 4.69) is 30.0 Å². The first-order chi connectivity index (χ1) is 10.3. The molecule has 0 atom stereocenters. The summed E-state index contributed by atoms with van der Waals surface area (Å²) in [4.78, 5) is 7.89. The summed E-state index contributed by atoms with van der Waals surface area (Å²) in [6.45, 7) is 3.23. The predicted octanol–water partition coefficient (Wildman–Crippen LogP) is 2.11. The van der Waals surface area contributed by atoms with Crippen molar-refractivity contribution < 1.29 is 4.39 Å². The molecule has 0 unspecified atom stereocenters. The number of fused-ring (bicyclic) bond motifs is 1. The van der Waals surface area contributed by atoms with Gasteiger partial charge >= 0.3 is 0 Å². The summed E-state index contributed by atoms with van der Waals surface area (Å²) in [6.07, 6.45) is 6.41. The van der Waals surface area contributed by atoms with Crippen molar-refractivity contribution >= 4 is 5.82 Å². The largest absolute Gasteiger partial charge is 0.360 e. The van der Waals surface area contributed by atoms with E-state index in [1.54, 1.807) is 0 Å². The summed E-state index contributed by atoms with van der Waals surface area (Å²) in [6, 6.07) is 0. The molecule has 0 aromatic carbocycles. The summed E-state index contributed by atoms with van der Waals surface area (Å²) in [5.74, 6) is 1.72. The Morgan fingerprint density at radius 1 is 1.24 bits per heavy atom. The molecule has 0 bridgehead atoms. The third-order valence-electron chi connectivity index (χ3n) is 3.80. The fourth-order valence-corrected chi connectivity index (χ4v) is 2.61. The van der Waals surface area contributed by atoms with E-state index in [-0.39, 0.29) is 11.6 Å². The monoisotopic (exact) mass is 290 g/mol. The van der Waals surface area contributed by atoms with Crippen molar-refractivity contribution in [3.8, 4) is 0 Å². The van der Waals surface area contributed by atoms with E-state index in [9.17, 15) is 4.39 Å². The van der Waals surface area contributed by atoms with Crippen molar-refractivity contribution in [3.05, 3.63) is 29.5 Å². The Kier molecular flexibility index (Phi) is 4.08. The molecule has 1 aliphatic heterocycles. The van der Waals surface area contributed by atoms with Crippen LogP contribution in [-0.4, -0.2) is 24.7 Å². The van der Waals surface area contributed by atoms with Crippen LogP contribution in [0, 0.1) is 5.82 Å². The first-order valence-corrected chi connectivity index (χ1v) is 7.43. The van der Waals surface area contributed by atoms with Gasteiger partial charge in [0.2, 0.25) is 0 Å². The third kappa shape index (κ3) is 2.86. The van der Waals surface area contributed by atoms with Crippen LogP contribution < -0.4 is 5.32 Å². The Balaban J connectivity index is 1.75. The normalized spacial score (nSPS) is 14.6. The standard InChI is InChI=1S/C14H19FN6/c1-2-10-13(15)14(18-9-17-10)16-8-12-20-19-11-6-4-3-5-7-21(11)12/h9H,2-8H2,1H3,(H,16,17,18). The highest BCUT2D eigenvalue weighted by molar-refractivity contribution is 5.37. The van der Waals surface area contributed by atoms with Crippen LogP contribution in [0.15, 0.2) is 6.33 Å². The first kappa shape index (κ1) is 13.9. The summed E-state index contributed by atoms with van der Waals surface area (Å²) in [5, 5.41) is 11.5. The molecule has 112 valence electrons. The van der Waals surface area contributed by atoms with Crippen molar-refractivity contribution in [2.75, 3.05) is 5.32 Å². The molecule has 0 saturated heterocycles. The van der Waals surface area contributed by atoms with Crippen molar-refractivity contribution in [3.63, 3.8) is 0 Å². The lowest BCUT2D eigenvalue weighted by Crippen LogP contribution is -2.12. The molecule has 6 nitrogen and oxygen atoms in total. The minimum Gasteiger partial charge on any atom is -0.360 e. The van der Waals surface area contributed by atoms with E-state index < -0.39 is 0 Å². The summed E-state index contributed by atoms with van der Waals surface area (Å²) in [7, 11) is 0. The molecule has 0 aliphatic carbocycles. The molecule has 0 radical (unpaired) electrons. The molecule has 0 spiro atoms. The van der Waals surface area contributed by atoms with Crippen molar-refractivity contribution in [1.29, 1.82) is 0 Å². The zero-order chi connectivity index (χ0) is 14.7. The quantitative estimate of drug-likeness (QED) is 0.934. The van der Waals surface area contributed by atoms with Gasteiger partial charge in [0.1, 0.15) is 12.2 Å². The van der Waals surface area contributed by atoms with Gasteiger partial charge in [-0.05, 0) is 19.3 Å². The zero-order valence-electron chi connectivity index (χ0n) is 12.1. The third-order valence-corrected chi connectivity index (χ3v) is 3.80. The van der Waals surface area contributed by atoms with Gasteiger partial charge in [-0.15, -0.1) is 10.2 Å². The van der Waals surface area contributed by atoms with Crippen LogP contribution in [0.3, 0.4) is 0 Å². The van der Waals surface area contributed by atoms with Gasteiger partial charge in [0.05, 0.1) is 12.2 Å². The SMILES string of the molecule is CCc1ncnc(NCc2nnc3n2CCCCC3)c1F. The molecule has 1 aliphatic rings. The maximum absolute atomic E-state index is 14.1. The van der Waals surface area contributed by atoms with E-state index in [0.717, 1.165) is 37.5 Å². The van der Waals surface area contributed by atoms with Crippen LogP contribution in [0.1, 0.15) is 43.5 Å². The Labute approximate surface area is 122 Å². The van der Waals surface area contributed by atoms with Gasteiger partial charge in [-0.25, -0.2) is 14.4 Å². The van der Waals surface area contributed by atoms with Gasteiger partial charge in [0.25, 0.3) is 0 Å². The highest BCUT2D eigenvalue weighted by atomic mass is 19.1. The minimum absolute atomic E-state index is 0.229. The molecular formula is C14H19FN6. The Bertz CT molecular complexity index is 624. The zero-order valence-corrected chi connectivity index (χ0v) is 12.1. The lowest BCUT2D eigenvalue weighted by Gasteiger charge is -2.09. The Hall–Kier alpha value is -2.05. The van der Waals surface area contributed by atoms with E-state index in [1.165, 1.54) is 12.7 Å². The second-order valence-corrected chi connectivity index (χ2v) is 5.18. The predicted molar refractivity (Wildman–Crippen MR) is 76.3 cm³/mol. The number of aromatic nitrogens is 5. The number of anilines is 1. The van der Waals surface area contributed by atoms with Gasteiger partial charge in [0, 0.05) is 13.0 Å². The average molecular weight is 290 g/mol. The van der Waals surface area contributed by atoms with Crippen LogP contribution in [0.2, 0.25) is 0 Å². The molecule has 7 heteroatoms. The maximum Gasteiger partial charge on any atom is 0.186 e. The van der Waals surface area contributed by atoms with Gasteiger partial charge in [-0.3, -0.25) is 0 Å². The molecular weight excluding hydrogens is 271 g/mol. The summed E-state index contributed by atoms with van der Waals surface area (Å²) < 4.78 is 16.2. The van der Waals surface area contributed by atoms with Crippen LogP contribution in [0.5, 0.6) is 0 Å². The number of nitrogens with zero attached hydrogens (tertiary/aromatic N) is 5. The van der Waals surface area contributed by atoms with Crippen LogP contribution in [0.4, 0.5) is 10.2 Å². The maximum atomic E-state index is 14.1. The molecule has 0 saturated carbocycles. The van der Waals surface area contributed by atoms with E-state index >= 15 is 0 Å². The fourth-order valence-electron chi connectivity index (χ4n) is 2.61. The number of aryl methyl sites for hydroxylation is 2. The number of nitrogens with one attached hydrogen (secondary N) is 1. The molecule has 3 rings (SSSR count). The number of halogens is 1. The Morgan fingerprint density at radius 2 is 2.14 bits per heavy atom. The molecule has 1 N–H and O–H groups in total. The molecule has 3 heterocycles. The number of hydrogen-bond donors (Lipinski definition) is 1. The second-order valence-electron chi connectivity index (χ2n) is 5.18. The molecule has 0 amide bonds. The smallest absolute Gasteiger partial charge is 0.186 e. The fraction of sp³-hybridized carbons (Fsp3) is 0.571. The second kappa shape index (κ2) is 6.15. The number of hydrogen-bond acceptors (Lipinski definition) is 5. The van der Waals surface area contributed by atoms with E-state index in [1.807, 2.05) is 6.92 Å². The van der Waals surface area contributed by atoms with Crippen LogP contribution >= 0.6 is 0 Å². The van der Waals surface area contributed by atoms with E-state index in [4.69, 9.17) is 0 Å². The Morgan fingerprint density at radius 3 is 3.00 bits per heavy atom. The lowest BCUT2D eigenvalue weighted by molar-refractivity contribution is 0.591. The molecule has 2 aromatic heterocycles. The summed E-state index contributed by atoms with van der Waals surface area (Å²) >= 11 is 0. The molecule has 2 aromatic rings. The van der Waals surface area contributed by atoms with E-state index in [0.29, 0.717) is 18.7 Å². The van der Waals surface area contributed by atoms with Crippen LogP contribution in [-0.2, 0) is 25.9 Å². The lowest BCUT2D eigenvalue weighted by atomic mass is 10.2. The van der Waals surface area contributed by atoms with Gasteiger partial charge in [0.15, 0.2) is 17.5 Å². The van der Waals surface area contributed by atoms with Crippen molar-refractivity contribution in [2.45, 2.75) is 52.1 Å². The number of rotatable bonds is 4. The van der Waals surface area contributed by atoms with Gasteiger partial charge in [-0.2, -0.15) is 0 Å². The highest BCUT2D eigenvalue weighted by Gasteiger charge is 2.15. The average Bonchev–Trinajstić information content (AvgIpc) is 2.73.